The van der Waals surface area contributed by atoms with Crippen LogP contribution in [0.1, 0.15) is 17.4 Å². The maximum Gasteiger partial charge on any atom is 0.361 e. The Bertz CT molecular complexity index is 447. The fraction of sp³-hybridized carbons (Fsp3) is 0.250. The van der Waals surface area contributed by atoms with Crippen LogP contribution in [-0.4, -0.2) is 38.0 Å². The number of carbonyl (C=O) groups excluding carboxylic acids is 1. The van der Waals surface area contributed by atoms with Gasteiger partial charge in [-0.15, -0.1) is 5.10 Å². The summed E-state index contributed by atoms with van der Waals surface area (Å²) in [4.78, 5) is 18.2. The first-order valence-corrected chi connectivity index (χ1v) is 4.40. The van der Waals surface area contributed by atoms with Crippen molar-refractivity contribution >= 4 is 5.97 Å². The Labute approximate surface area is 84.9 Å². The maximum atomic E-state index is 11.4. The van der Waals surface area contributed by atoms with E-state index >= 15 is 0 Å². The quantitative estimate of drug-likeness (QED) is 0.709. The molecule has 0 bridgehead atoms. The average Bonchev–Trinajstić information content (AvgIpc) is 2.88. The van der Waals surface area contributed by atoms with Gasteiger partial charge in [-0.05, 0) is 6.92 Å². The molecule has 0 aliphatic rings. The number of imidazole rings is 1. The molecule has 0 unspecified atom stereocenters. The van der Waals surface area contributed by atoms with Gasteiger partial charge in [0.1, 0.15) is 0 Å². The molecule has 0 aliphatic carbocycles. The molecule has 0 atom stereocenters. The monoisotopic (exact) mass is 207 g/mol. The Hall–Kier alpha value is -2.18. The van der Waals surface area contributed by atoms with Crippen molar-refractivity contribution < 1.29 is 9.53 Å². The van der Waals surface area contributed by atoms with Gasteiger partial charge in [-0.2, -0.15) is 10.3 Å². The lowest BCUT2D eigenvalue weighted by molar-refractivity contribution is 0.0520. The summed E-state index contributed by atoms with van der Waals surface area (Å²) in [6, 6.07) is 0. The Kier molecular flexibility index (Phi) is 2.44. The van der Waals surface area contributed by atoms with Crippen LogP contribution in [0.4, 0.5) is 0 Å². The molecule has 15 heavy (non-hydrogen) atoms. The summed E-state index contributed by atoms with van der Waals surface area (Å²) in [5.41, 5.74) is 0.491. The summed E-state index contributed by atoms with van der Waals surface area (Å²) in [7, 11) is 0. The van der Waals surface area contributed by atoms with Crippen LogP contribution < -0.4 is 0 Å². The predicted octanol–water partition coefficient (Wildman–Crippen LogP) is 0.371. The Morgan fingerprint density at radius 1 is 1.53 bits per heavy atom. The number of esters is 1. The molecule has 0 radical (unpaired) electrons. The van der Waals surface area contributed by atoms with Gasteiger partial charge in [0.05, 0.1) is 6.61 Å². The molecule has 2 aromatic heterocycles. The molecule has 2 N–H and O–H groups in total. The molecule has 0 saturated carbocycles. The first-order chi connectivity index (χ1) is 7.33. The fourth-order valence-corrected chi connectivity index (χ4v) is 1.13. The number of carbonyl (C=O) groups is 1. The largest absolute Gasteiger partial charge is 0.461 e. The third-order valence-electron chi connectivity index (χ3n) is 1.74. The number of aromatic nitrogens is 5. The van der Waals surface area contributed by atoms with Crippen molar-refractivity contribution in [2.24, 2.45) is 0 Å². The van der Waals surface area contributed by atoms with Gasteiger partial charge in [-0.3, -0.25) is 0 Å². The molecule has 2 aromatic rings. The van der Waals surface area contributed by atoms with Gasteiger partial charge in [0, 0.05) is 12.4 Å². The Morgan fingerprint density at radius 3 is 3.07 bits per heavy atom. The number of hydrogen-bond acceptors (Lipinski definition) is 5. The zero-order valence-corrected chi connectivity index (χ0v) is 8.02. The summed E-state index contributed by atoms with van der Waals surface area (Å²) in [6.45, 7) is 2.02. The molecule has 0 aromatic carbocycles. The van der Waals surface area contributed by atoms with Crippen molar-refractivity contribution in [2.75, 3.05) is 6.61 Å². The lowest BCUT2D eigenvalue weighted by atomic mass is 10.3. The normalized spacial score (nSPS) is 10.2. The lowest BCUT2D eigenvalue weighted by Gasteiger charge is -1.98. The number of H-pyrrole nitrogens is 2. The highest BCUT2D eigenvalue weighted by Gasteiger charge is 2.20. The summed E-state index contributed by atoms with van der Waals surface area (Å²) < 4.78 is 4.82. The molecule has 2 rings (SSSR count). The first-order valence-electron chi connectivity index (χ1n) is 4.40. The standard InChI is InChI=1S/C8H9N5O2/c1-2-15-8(14)6-5(11-13-12-6)7-9-3-4-10-7/h3-4H,2H2,1H3,(H,9,10)(H,11,12,13). The van der Waals surface area contributed by atoms with Gasteiger partial charge >= 0.3 is 5.97 Å². The summed E-state index contributed by atoms with van der Waals surface area (Å²) in [5.74, 6) is -0.0375. The third kappa shape index (κ3) is 1.71. The summed E-state index contributed by atoms with van der Waals surface area (Å²) in [6.07, 6.45) is 3.21. The van der Waals surface area contributed by atoms with Crippen molar-refractivity contribution in [3.63, 3.8) is 0 Å². The molecule has 2 heterocycles. The van der Waals surface area contributed by atoms with Crippen LogP contribution in [0.2, 0.25) is 0 Å². The van der Waals surface area contributed by atoms with E-state index in [1.807, 2.05) is 0 Å². The van der Waals surface area contributed by atoms with Gasteiger partial charge in [-0.1, -0.05) is 0 Å². The molecule has 7 heteroatoms. The lowest BCUT2D eigenvalue weighted by Crippen LogP contribution is -2.07. The number of nitrogens with zero attached hydrogens (tertiary/aromatic N) is 3. The minimum Gasteiger partial charge on any atom is -0.461 e. The molecule has 0 fully saturated rings. The van der Waals surface area contributed by atoms with Crippen LogP contribution in [0.5, 0.6) is 0 Å². The highest BCUT2D eigenvalue weighted by Crippen LogP contribution is 2.14. The van der Waals surface area contributed by atoms with Crippen molar-refractivity contribution in [3.05, 3.63) is 18.1 Å². The molecule has 0 aliphatic heterocycles. The van der Waals surface area contributed by atoms with E-state index in [0.717, 1.165) is 0 Å². The predicted molar refractivity (Wildman–Crippen MR) is 49.9 cm³/mol. The van der Waals surface area contributed by atoms with Crippen molar-refractivity contribution in [3.8, 4) is 11.5 Å². The smallest absolute Gasteiger partial charge is 0.361 e. The molecule has 78 valence electrons. The van der Waals surface area contributed by atoms with E-state index in [2.05, 4.69) is 25.4 Å². The van der Waals surface area contributed by atoms with Gasteiger partial charge < -0.3 is 9.72 Å². The Balaban J connectivity index is 2.34. The maximum absolute atomic E-state index is 11.4. The second kappa shape index (κ2) is 3.91. The highest BCUT2D eigenvalue weighted by atomic mass is 16.5. The van der Waals surface area contributed by atoms with Crippen LogP contribution in [0, 0.1) is 0 Å². The number of nitrogens with one attached hydrogen (secondary N) is 2. The zero-order valence-electron chi connectivity index (χ0n) is 8.02. The van der Waals surface area contributed by atoms with Gasteiger partial charge in [0.15, 0.2) is 11.5 Å². The minimum atomic E-state index is -0.516. The van der Waals surface area contributed by atoms with Crippen LogP contribution in [-0.2, 0) is 4.74 Å². The van der Waals surface area contributed by atoms with E-state index in [1.165, 1.54) is 0 Å². The van der Waals surface area contributed by atoms with Gasteiger partial charge in [0.2, 0.25) is 5.69 Å². The van der Waals surface area contributed by atoms with Crippen LogP contribution in [0.25, 0.3) is 11.5 Å². The van der Waals surface area contributed by atoms with Crippen molar-refractivity contribution in [1.29, 1.82) is 0 Å². The minimum absolute atomic E-state index is 0.131. The van der Waals surface area contributed by atoms with E-state index in [1.54, 1.807) is 19.3 Å². The number of hydrogen-bond donors (Lipinski definition) is 2. The highest BCUT2D eigenvalue weighted by molar-refractivity contribution is 5.92. The molecule has 0 spiro atoms. The molecular formula is C8H9N5O2. The van der Waals surface area contributed by atoms with E-state index in [4.69, 9.17) is 4.74 Å². The van der Waals surface area contributed by atoms with Crippen LogP contribution in [0.15, 0.2) is 12.4 Å². The summed E-state index contributed by atoms with van der Waals surface area (Å²) in [5, 5.41) is 9.92. The number of rotatable bonds is 3. The zero-order chi connectivity index (χ0) is 10.7. The topological polar surface area (TPSA) is 96.6 Å². The van der Waals surface area contributed by atoms with E-state index < -0.39 is 5.97 Å². The summed E-state index contributed by atoms with van der Waals surface area (Å²) >= 11 is 0. The second-order valence-corrected chi connectivity index (χ2v) is 2.68. The fourth-order valence-electron chi connectivity index (χ4n) is 1.13. The Morgan fingerprint density at radius 2 is 2.40 bits per heavy atom. The van der Waals surface area contributed by atoms with Crippen molar-refractivity contribution in [2.45, 2.75) is 6.92 Å². The third-order valence-corrected chi connectivity index (χ3v) is 1.74. The van der Waals surface area contributed by atoms with Gasteiger partial charge in [0.25, 0.3) is 0 Å². The van der Waals surface area contributed by atoms with E-state index in [0.29, 0.717) is 18.1 Å². The van der Waals surface area contributed by atoms with Gasteiger partial charge in [-0.25, -0.2) is 9.78 Å². The van der Waals surface area contributed by atoms with Crippen LogP contribution >= 0.6 is 0 Å². The first kappa shape index (κ1) is 9.38. The number of ether oxygens (including phenoxy) is 1. The van der Waals surface area contributed by atoms with Crippen LogP contribution in [0.3, 0.4) is 0 Å². The molecule has 0 amide bonds. The van der Waals surface area contributed by atoms with E-state index in [-0.39, 0.29) is 5.69 Å². The SMILES string of the molecule is CCOC(=O)c1n[nH]nc1-c1ncc[nH]1. The number of aromatic amines is 2. The second-order valence-electron chi connectivity index (χ2n) is 2.68. The molecular weight excluding hydrogens is 198 g/mol. The average molecular weight is 207 g/mol. The molecule has 7 nitrogen and oxygen atoms in total. The van der Waals surface area contributed by atoms with E-state index in [9.17, 15) is 4.79 Å². The molecule has 0 saturated heterocycles. The van der Waals surface area contributed by atoms with Crippen molar-refractivity contribution in [1.82, 2.24) is 25.4 Å².